The van der Waals surface area contributed by atoms with Gasteiger partial charge in [-0.3, -0.25) is 9.98 Å². The van der Waals surface area contributed by atoms with Gasteiger partial charge in [0, 0.05) is 12.4 Å². The van der Waals surface area contributed by atoms with E-state index in [1.165, 1.54) is 0 Å². The maximum absolute atomic E-state index is 10.1. The van der Waals surface area contributed by atoms with Crippen molar-refractivity contribution in [1.82, 2.24) is 0 Å². The molecule has 1 aliphatic carbocycles. The van der Waals surface area contributed by atoms with E-state index >= 15 is 0 Å². The van der Waals surface area contributed by atoms with Gasteiger partial charge in [0.1, 0.15) is 23.0 Å². The minimum absolute atomic E-state index is 0.00571. The molecule has 6 heteroatoms. The summed E-state index contributed by atoms with van der Waals surface area (Å²) < 4.78 is 10.6. The molecule has 0 aromatic heterocycles. The van der Waals surface area contributed by atoms with E-state index in [1.54, 1.807) is 63.0 Å². The molecule has 28 heavy (non-hydrogen) atoms. The molecule has 0 radical (unpaired) electrons. The molecule has 0 heterocycles. The van der Waals surface area contributed by atoms with Gasteiger partial charge >= 0.3 is 0 Å². The van der Waals surface area contributed by atoms with Crippen LogP contribution in [0.25, 0.3) is 0 Å². The standard InChI is InChI=1S/C22H26N2O4/c1-27-21-11-5-9-19(25)15(21)13-23-17-7-3-4-8-18(17)24-14-16-20(26)10-6-12-22(16)28-2/h5-6,9-14,17-18,25-26H,3-4,7-8H2,1-2H3/t17-,18-/m1/s1. The maximum Gasteiger partial charge on any atom is 0.131 e. The van der Waals surface area contributed by atoms with E-state index in [0.29, 0.717) is 22.6 Å². The first-order valence-electron chi connectivity index (χ1n) is 9.42. The van der Waals surface area contributed by atoms with Gasteiger partial charge in [-0.25, -0.2) is 0 Å². The van der Waals surface area contributed by atoms with Gasteiger partial charge in [0.2, 0.25) is 0 Å². The highest BCUT2D eigenvalue weighted by atomic mass is 16.5. The van der Waals surface area contributed by atoms with Crippen LogP contribution in [-0.2, 0) is 0 Å². The topological polar surface area (TPSA) is 83.6 Å². The SMILES string of the molecule is COc1cccc(O)c1C=N[C@@H]1CCCC[C@H]1N=Cc1c(O)cccc1OC. The van der Waals surface area contributed by atoms with Gasteiger partial charge < -0.3 is 19.7 Å². The van der Waals surface area contributed by atoms with Gasteiger partial charge in [-0.05, 0) is 37.1 Å². The van der Waals surface area contributed by atoms with Crippen molar-refractivity contribution < 1.29 is 19.7 Å². The Balaban J connectivity index is 1.82. The summed E-state index contributed by atoms with van der Waals surface area (Å²) >= 11 is 0. The lowest BCUT2D eigenvalue weighted by Crippen LogP contribution is -2.27. The minimum Gasteiger partial charge on any atom is -0.507 e. The molecule has 0 saturated heterocycles. The summed E-state index contributed by atoms with van der Waals surface area (Å²) in [6.07, 6.45) is 7.37. The zero-order chi connectivity index (χ0) is 19.9. The largest absolute Gasteiger partial charge is 0.507 e. The first-order valence-corrected chi connectivity index (χ1v) is 9.42. The van der Waals surface area contributed by atoms with Gasteiger partial charge in [-0.1, -0.05) is 25.0 Å². The van der Waals surface area contributed by atoms with Crippen LogP contribution in [0.3, 0.4) is 0 Å². The van der Waals surface area contributed by atoms with Crippen LogP contribution in [0.4, 0.5) is 0 Å². The zero-order valence-electron chi connectivity index (χ0n) is 16.2. The van der Waals surface area contributed by atoms with Gasteiger partial charge in [0.15, 0.2) is 0 Å². The molecular formula is C22H26N2O4. The molecule has 6 nitrogen and oxygen atoms in total. The Morgan fingerprint density at radius 1 is 0.786 bits per heavy atom. The number of aromatic hydroxyl groups is 2. The average molecular weight is 382 g/mol. The Labute approximate surface area is 165 Å². The molecule has 1 fully saturated rings. The molecule has 2 aromatic carbocycles. The monoisotopic (exact) mass is 382 g/mol. The van der Waals surface area contributed by atoms with Gasteiger partial charge in [-0.15, -0.1) is 0 Å². The minimum atomic E-state index is 0.00571. The van der Waals surface area contributed by atoms with E-state index < -0.39 is 0 Å². The average Bonchev–Trinajstić information content (AvgIpc) is 2.72. The number of benzene rings is 2. The van der Waals surface area contributed by atoms with Crippen LogP contribution in [0.5, 0.6) is 23.0 Å². The molecule has 0 aliphatic heterocycles. The van der Waals surface area contributed by atoms with Crippen molar-refractivity contribution in [3.05, 3.63) is 47.5 Å². The molecule has 0 spiro atoms. The smallest absolute Gasteiger partial charge is 0.131 e. The van der Waals surface area contributed by atoms with Crippen LogP contribution in [-0.4, -0.2) is 48.9 Å². The number of ether oxygens (including phenoxy) is 2. The fourth-order valence-corrected chi connectivity index (χ4v) is 3.46. The number of phenols is 2. The quantitative estimate of drug-likeness (QED) is 0.741. The predicted octanol–water partition coefficient (Wildman–Crippen LogP) is 3.96. The Bertz CT molecular complexity index is 792. The van der Waals surface area contributed by atoms with Gasteiger partial charge in [0.05, 0.1) is 37.4 Å². The molecular weight excluding hydrogens is 356 g/mol. The number of hydrogen-bond donors (Lipinski definition) is 2. The summed E-state index contributed by atoms with van der Waals surface area (Å²) in [6, 6.07) is 10.3. The second-order valence-corrected chi connectivity index (χ2v) is 6.76. The third kappa shape index (κ3) is 4.44. The molecule has 3 rings (SSSR count). The number of hydrogen-bond acceptors (Lipinski definition) is 6. The summed E-state index contributed by atoms with van der Waals surface area (Å²) in [4.78, 5) is 9.42. The van der Waals surface area contributed by atoms with Crippen molar-refractivity contribution in [3.63, 3.8) is 0 Å². The fraction of sp³-hybridized carbons (Fsp3) is 0.364. The molecule has 2 N–H and O–H groups in total. The van der Waals surface area contributed by atoms with Gasteiger partial charge in [-0.2, -0.15) is 0 Å². The maximum atomic E-state index is 10.1. The Morgan fingerprint density at radius 3 is 1.61 bits per heavy atom. The molecule has 148 valence electrons. The molecule has 2 aromatic rings. The Morgan fingerprint density at radius 2 is 1.21 bits per heavy atom. The lowest BCUT2D eigenvalue weighted by Gasteiger charge is -2.25. The van der Waals surface area contributed by atoms with Crippen LogP contribution in [0, 0.1) is 0 Å². The summed E-state index contributed by atoms with van der Waals surface area (Å²) in [6.45, 7) is 0. The first kappa shape index (κ1) is 19.7. The first-order chi connectivity index (χ1) is 13.6. The van der Waals surface area contributed by atoms with E-state index in [-0.39, 0.29) is 23.6 Å². The third-order valence-corrected chi connectivity index (χ3v) is 5.01. The van der Waals surface area contributed by atoms with Crippen molar-refractivity contribution in [2.75, 3.05) is 14.2 Å². The van der Waals surface area contributed by atoms with E-state index in [2.05, 4.69) is 0 Å². The number of phenolic OH excluding ortho intramolecular Hbond substituents is 2. The van der Waals surface area contributed by atoms with E-state index in [9.17, 15) is 10.2 Å². The summed E-state index contributed by atoms with van der Waals surface area (Å²) in [5.41, 5.74) is 1.14. The summed E-state index contributed by atoms with van der Waals surface area (Å²) in [7, 11) is 3.14. The Hall–Kier alpha value is -3.02. The van der Waals surface area contributed by atoms with E-state index in [0.717, 1.165) is 25.7 Å². The van der Waals surface area contributed by atoms with Crippen LogP contribution in [0.1, 0.15) is 36.8 Å². The summed E-state index contributed by atoms with van der Waals surface area (Å²) in [5.74, 6) is 1.44. The van der Waals surface area contributed by atoms with Crippen LogP contribution in [0.2, 0.25) is 0 Å². The van der Waals surface area contributed by atoms with Crippen LogP contribution >= 0.6 is 0 Å². The molecule has 2 atom stereocenters. The predicted molar refractivity (Wildman–Crippen MR) is 111 cm³/mol. The van der Waals surface area contributed by atoms with Gasteiger partial charge in [0.25, 0.3) is 0 Å². The number of methoxy groups -OCH3 is 2. The number of nitrogens with zero attached hydrogens (tertiary/aromatic N) is 2. The number of aliphatic imine (C=N–C) groups is 2. The molecule has 0 bridgehead atoms. The molecule has 1 saturated carbocycles. The van der Waals surface area contributed by atoms with Crippen molar-refractivity contribution >= 4 is 12.4 Å². The van der Waals surface area contributed by atoms with Crippen LogP contribution in [0.15, 0.2) is 46.4 Å². The Kier molecular flexibility index (Phi) is 6.53. The lowest BCUT2D eigenvalue weighted by molar-refractivity contribution is 0.388. The van der Waals surface area contributed by atoms with Crippen molar-refractivity contribution in [2.45, 2.75) is 37.8 Å². The number of rotatable bonds is 6. The second-order valence-electron chi connectivity index (χ2n) is 6.76. The molecule has 1 aliphatic rings. The fourth-order valence-electron chi connectivity index (χ4n) is 3.46. The van der Waals surface area contributed by atoms with Crippen molar-refractivity contribution in [1.29, 1.82) is 0 Å². The summed E-state index contributed by atoms with van der Waals surface area (Å²) in [5, 5.41) is 20.2. The molecule has 0 amide bonds. The van der Waals surface area contributed by atoms with E-state index in [4.69, 9.17) is 19.5 Å². The highest BCUT2D eigenvalue weighted by Crippen LogP contribution is 2.29. The van der Waals surface area contributed by atoms with E-state index in [1.807, 2.05) is 0 Å². The van der Waals surface area contributed by atoms with Crippen molar-refractivity contribution in [2.24, 2.45) is 9.98 Å². The highest BCUT2D eigenvalue weighted by molar-refractivity contribution is 5.88. The molecule has 0 unspecified atom stereocenters. The zero-order valence-corrected chi connectivity index (χ0v) is 16.2. The normalized spacial score (nSPS) is 19.9. The highest BCUT2D eigenvalue weighted by Gasteiger charge is 2.24. The van der Waals surface area contributed by atoms with Crippen molar-refractivity contribution in [3.8, 4) is 23.0 Å². The lowest BCUT2D eigenvalue weighted by atomic mass is 9.91. The van der Waals surface area contributed by atoms with Crippen LogP contribution < -0.4 is 9.47 Å². The second kappa shape index (κ2) is 9.26. The third-order valence-electron chi connectivity index (χ3n) is 5.01.